The van der Waals surface area contributed by atoms with Crippen molar-refractivity contribution in [2.45, 2.75) is 18.9 Å². The van der Waals surface area contributed by atoms with Crippen LogP contribution in [0.2, 0.25) is 0 Å². The Labute approximate surface area is 111 Å². The molecule has 84 valence electrons. The van der Waals surface area contributed by atoms with Gasteiger partial charge < -0.3 is 5.32 Å². The molecular formula is C12H11Br2NO. The summed E-state index contributed by atoms with van der Waals surface area (Å²) in [6.07, 6.45) is 1.81. The summed E-state index contributed by atoms with van der Waals surface area (Å²) in [4.78, 5) is 12.0. The number of Topliss-reactive ketones (excluding diaryl/α,β-unsaturated/α-hetero) is 1. The second-order valence-electron chi connectivity index (χ2n) is 4.46. The van der Waals surface area contributed by atoms with Crippen molar-refractivity contribution in [3.05, 3.63) is 32.2 Å². The first-order valence-electron chi connectivity index (χ1n) is 5.42. The van der Waals surface area contributed by atoms with Gasteiger partial charge in [-0.05, 0) is 68.4 Å². The van der Waals surface area contributed by atoms with Crippen molar-refractivity contribution in [1.29, 1.82) is 0 Å². The van der Waals surface area contributed by atoms with Gasteiger partial charge >= 0.3 is 0 Å². The highest BCUT2D eigenvalue weighted by molar-refractivity contribution is 9.13. The average molecular weight is 345 g/mol. The van der Waals surface area contributed by atoms with Gasteiger partial charge in [0, 0.05) is 27.0 Å². The molecule has 0 unspecified atom stereocenters. The first kappa shape index (κ1) is 10.9. The van der Waals surface area contributed by atoms with Crippen molar-refractivity contribution >= 4 is 37.6 Å². The molecule has 1 aromatic rings. The molecule has 3 rings (SSSR count). The van der Waals surface area contributed by atoms with E-state index in [9.17, 15) is 4.79 Å². The maximum Gasteiger partial charge on any atom is 0.163 e. The molecule has 0 spiro atoms. The minimum atomic E-state index is 0.285. The molecule has 1 aliphatic carbocycles. The van der Waals surface area contributed by atoms with Crippen LogP contribution in [-0.4, -0.2) is 12.3 Å². The van der Waals surface area contributed by atoms with Gasteiger partial charge in [-0.1, -0.05) is 0 Å². The zero-order chi connectivity index (χ0) is 11.3. The van der Waals surface area contributed by atoms with E-state index in [4.69, 9.17) is 0 Å². The molecule has 1 aliphatic heterocycles. The average Bonchev–Trinajstić information content (AvgIpc) is 2.69. The minimum absolute atomic E-state index is 0.285. The molecule has 1 heterocycles. The smallest absolute Gasteiger partial charge is 0.163 e. The fourth-order valence-corrected chi connectivity index (χ4v) is 3.45. The van der Waals surface area contributed by atoms with E-state index in [2.05, 4.69) is 43.2 Å². The first-order chi connectivity index (χ1) is 7.66. The number of carbonyl (C=O) groups is 1. The van der Waals surface area contributed by atoms with Crippen molar-refractivity contribution in [2.75, 3.05) is 6.54 Å². The third kappa shape index (κ3) is 1.59. The van der Waals surface area contributed by atoms with Gasteiger partial charge in [0.25, 0.3) is 0 Å². The van der Waals surface area contributed by atoms with Gasteiger partial charge in [0.15, 0.2) is 5.78 Å². The summed E-state index contributed by atoms with van der Waals surface area (Å²) >= 11 is 6.96. The molecule has 1 saturated heterocycles. The maximum atomic E-state index is 12.0. The van der Waals surface area contributed by atoms with E-state index in [1.165, 1.54) is 0 Å². The number of hydrogen-bond donors (Lipinski definition) is 1. The second-order valence-corrected chi connectivity index (χ2v) is 6.17. The van der Waals surface area contributed by atoms with Gasteiger partial charge in [0.2, 0.25) is 0 Å². The van der Waals surface area contributed by atoms with Crippen LogP contribution in [0.3, 0.4) is 0 Å². The molecule has 2 atom stereocenters. The number of benzene rings is 1. The van der Waals surface area contributed by atoms with Crippen LogP contribution in [-0.2, 0) is 0 Å². The number of carbonyl (C=O) groups excluding carboxylic acids is 1. The van der Waals surface area contributed by atoms with Crippen LogP contribution in [0, 0.1) is 5.92 Å². The Morgan fingerprint density at radius 2 is 2.00 bits per heavy atom. The third-order valence-electron chi connectivity index (χ3n) is 3.53. The van der Waals surface area contributed by atoms with Crippen molar-refractivity contribution in [2.24, 2.45) is 5.92 Å². The molecule has 2 nitrogen and oxygen atoms in total. The molecule has 4 heteroatoms. The van der Waals surface area contributed by atoms with E-state index in [1.54, 1.807) is 0 Å². The first-order valence-corrected chi connectivity index (χ1v) is 7.01. The largest absolute Gasteiger partial charge is 0.310 e. The highest BCUT2D eigenvalue weighted by Gasteiger charge is 2.37. The van der Waals surface area contributed by atoms with Crippen molar-refractivity contribution in [3.63, 3.8) is 0 Å². The summed E-state index contributed by atoms with van der Waals surface area (Å²) in [5.41, 5.74) is 2.04. The summed E-state index contributed by atoms with van der Waals surface area (Å²) in [6.45, 7) is 1.02. The van der Waals surface area contributed by atoms with Gasteiger partial charge in [-0.25, -0.2) is 0 Å². The zero-order valence-electron chi connectivity index (χ0n) is 8.59. The number of halogens is 2. The van der Waals surface area contributed by atoms with Crippen LogP contribution in [0.5, 0.6) is 0 Å². The molecule has 1 aromatic carbocycles. The molecule has 2 aliphatic rings. The maximum absolute atomic E-state index is 12.0. The highest BCUT2D eigenvalue weighted by atomic mass is 79.9. The fraction of sp³-hybridized carbons (Fsp3) is 0.417. The number of hydrogen-bond acceptors (Lipinski definition) is 2. The van der Waals surface area contributed by atoms with E-state index in [0.29, 0.717) is 18.4 Å². The summed E-state index contributed by atoms with van der Waals surface area (Å²) in [5.74, 6) is 0.779. The van der Waals surface area contributed by atoms with E-state index in [0.717, 1.165) is 33.0 Å². The van der Waals surface area contributed by atoms with Crippen LogP contribution in [0.4, 0.5) is 0 Å². The van der Waals surface area contributed by atoms with Crippen LogP contribution < -0.4 is 5.32 Å². The van der Waals surface area contributed by atoms with Gasteiger partial charge in [-0.2, -0.15) is 0 Å². The predicted octanol–water partition coefficient (Wildman–Crippen LogP) is 3.45. The molecule has 0 saturated carbocycles. The highest BCUT2D eigenvalue weighted by Crippen LogP contribution is 2.42. The molecular weight excluding hydrogens is 334 g/mol. The Kier molecular flexibility index (Phi) is 2.68. The molecule has 0 amide bonds. The Hall–Kier alpha value is -0.190. The topological polar surface area (TPSA) is 29.1 Å². The summed E-state index contributed by atoms with van der Waals surface area (Å²) in [5, 5.41) is 3.49. The van der Waals surface area contributed by atoms with Gasteiger partial charge in [-0.15, -0.1) is 0 Å². The number of ketones is 1. The van der Waals surface area contributed by atoms with Crippen LogP contribution in [0.25, 0.3) is 0 Å². The SMILES string of the molecule is O=C1C[C@@H]2CCN[C@@H]2c2cc(Br)c(Br)cc21. The Balaban J connectivity index is 2.17. The van der Waals surface area contributed by atoms with Crippen molar-refractivity contribution < 1.29 is 4.79 Å². The quantitative estimate of drug-likeness (QED) is 0.781. The lowest BCUT2D eigenvalue weighted by Crippen LogP contribution is -2.27. The van der Waals surface area contributed by atoms with Crippen molar-refractivity contribution in [3.8, 4) is 0 Å². The monoisotopic (exact) mass is 343 g/mol. The lowest BCUT2D eigenvalue weighted by molar-refractivity contribution is 0.0942. The normalized spacial score (nSPS) is 27.8. The summed E-state index contributed by atoms with van der Waals surface area (Å²) in [7, 11) is 0. The molecule has 16 heavy (non-hydrogen) atoms. The number of nitrogens with one attached hydrogen (secondary N) is 1. The number of rotatable bonds is 0. The van der Waals surface area contributed by atoms with Crippen molar-refractivity contribution in [1.82, 2.24) is 5.32 Å². The molecule has 1 N–H and O–H groups in total. The zero-order valence-corrected chi connectivity index (χ0v) is 11.8. The molecule has 0 bridgehead atoms. The van der Waals surface area contributed by atoms with Gasteiger partial charge in [-0.3, -0.25) is 4.79 Å². The van der Waals surface area contributed by atoms with E-state index in [1.807, 2.05) is 6.07 Å². The van der Waals surface area contributed by atoms with E-state index in [-0.39, 0.29) is 5.78 Å². The Bertz CT molecular complexity index is 472. The van der Waals surface area contributed by atoms with Crippen LogP contribution >= 0.6 is 31.9 Å². The minimum Gasteiger partial charge on any atom is -0.310 e. The molecule has 1 fully saturated rings. The summed E-state index contributed by atoms with van der Waals surface area (Å²) in [6, 6.07) is 4.39. The molecule has 0 aromatic heterocycles. The predicted molar refractivity (Wildman–Crippen MR) is 69.6 cm³/mol. The van der Waals surface area contributed by atoms with Crippen LogP contribution in [0.1, 0.15) is 34.8 Å². The van der Waals surface area contributed by atoms with E-state index >= 15 is 0 Å². The lowest BCUT2D eigenvalue weighted by Gasteiger charge is -2.27. The van der Waals surface area contributed by atoms with Gasteiger partial charge in [0.05, 0.1) is 0 Å². The summed E-state index contributed by atoms with van der Waals surface area (Å²) < 4.78 is 1.98. The standard InChI is InChI=1S/C12H11Br2NO/c13-9-4-7-8(5-10(9)14)12-6(1-2-15-12)3-11(7)16/h4-6,12,15H,1-3H2/t6-,12-/m0/s1. The molecule has 0 radical (unpaired) electrons. The Morgan fingerprint density at radius 1 is 1.25 bits per heavy atom. The fourth-order valence-electron chi connectivity index (χ4n) is 2.75. The van der Waals surface area contributed by atoms with Gasteiger partial charge in [0.1, 0.15) is 0 Å². The Morgan fingerprint density at radius 3 is 2.81 bits per heavy atom. The van der Waals surface area contributed by atoms with Crippen LogP contribution in [0.15, 0.2) is 21.1 Å². The number of fused-ring (bicyclic) bond motifs is 3. The second kappa shape index (κ2) is 3.93. The van der Waals surface area contributed by atoms with E-state index < -0.39 is 0 Å². The lowest BCUT2D eigenvalue weighted by atomic mass is 9.80. The third-order valence-corrected chi connectivity index (χ3v) is 5.37.